The van der Waals surface area contributed by atoms with Crippen LogP contribution in [0.3, 0.4) is 0 Å². The minimum atomic E-state index is 0.812. The van der Waals surface area contributed by atoms with Gasteiger partial charge in [-0.1, -0.05) is 28.7 Å². The summed E-state index contributed by atoms with van der Waals surface area (Å²) in [5.74, 6) is 2.93. The molecule has 1 aliphatic rings. The van der Waals surface area contributed by atoms with E-state index in [0.29, 0.717) is 0 Å². The molecule has 0 radical (unpaired) electrons. The standard InChI is InChI=1S/C9H10INOS/c1-6-7(5-10)11-9(12-6)8-3-2-4-13-8/h3H,2,4-5H2,1H3. The van der Waals surface area contributed by atoms with Gasteiger partial charge in [-0.05, 0) is 13.3 Å². The van der Waals surface area contributed by atoms with Crippen molar-refractivity contribution in [2.24, 2.45) is 0 Å². The van der Waals surface area contributed by atoms with Gasteiger partial charge in [0, 0.05) is 10.2 Å². The lowest BCUT2D eigenvalue weighted by atomic mass is 10.4. The van der Waals surface area contributed by atoms with Gasteiger partial charge in [-0.2, -0.15) is 0 Å². The van der Waals surface area contributed by atoms with Gasteiger partial charge in [0.1, 0.15) is 5.76 Å². The number of oxazole rings is 1. The largest absolute Gasteiger partial charge is 0.441 e. The van der Waals surface area contributed by atoms with Crippen LogP contribution in [-0.4, -0.2) is 10.7 Å². The predicted molar refractivity (Wildman–Crippen MR) is 64.0 cm³/mol. The number of rotatable bonds is 2. The molecular formula is C9H10INOS. The molecule has 0 N–H and O–H groups in total. The van der Waals surface area contributed by atoms with Gasteiger partial charge in [0.2, 0.25) is 5.89 Å². The number of nitrogens with zero attached hydrogens (tertiary/aromatic N) is 1. The molecule has 1 aromatic rings. The Labute approximate surface area is 95.3 Å². The van der Waals surface area contributed by atoms with Gasteiger partial charge in [0.05, 0.1) is 10.6 Å². The van der Waals surface area contributed by atoms with E-state index in [1.54, 1.807) is 0 Å². The van der Waals surface area contributed by atoms with E-state index in [1.807, 2.05) is 18.7 Å². The molecule has 2 rings (SSSR count). The Morgan fingerprint density at radius 1 is 1.69 bits per heavy atom. The summed E-state index contributed by atoms with van der Waals surface area (Å²) in [4.78, 5) is 5.65. The van der Waals surface area contributed by atoms with Crippen molar-refractivity contribution in [3.05, 3.63) is 23.4 Å². The minimum Gasteiger partial charge on any atom is -0.441 e. The highest BCUT2D eigenvalue weighted by Crippen LogP contribution is 2.34. The monoisotopic (exact) mass is 307 g/mol. The average Bonchev–Trinajstić information content (AvgIpc) is 2.71. The van der Waals surface area contributed by atoms with E-state index < -0.39 is 0 Å². The molecule has 70 valence electrons. The van der Waals surface area contributed by atoms with Crippen molar-refractivity contribution < 1.29 is 4.42 Å². The molecule has 1 aromatic heterocycles. The number of hydrogen-bond acceptors (Lipinski definition) is 3. The lowest BCUT2D eigenvalue weighted by molar-refractivity contribution is 0.514. The summed E-state index contributed by atoms with van der Waals surface area (Å²) in [6.45, 7) is 1.98. The Morgan fingerprint density at radius 3 is 3.08 bits per heavy atom. The predicted octanol–water partition coefficient (Wildman–Crippen LogP) is 3.40. The van der Waals surface area contributed by atoms with Gasteiger partial charge in [-0.15, -0.1) is 11.8 Å². The summed E-state index contributed by atoms with van der Waals surface area (Å²) in [6, 6.07) is 0. The number of allylic oxidation sites excluding steroid dienone is 1. The highest BCUT2D eigenvalue weighted by Gasteiger charge is 2.15. The third-order valence-corrected chi connectivity index (χ3v) is 3.75. The van der Waals surface area contributed by atoms with Crippen molar-refractivity contribution in [2.45, 2.75) is 17.8 Å². The zero-order chi connectivity index (χ0) is 9.26. The van der Waals surface area contributed by atoms with Gasteiger partial charge in [0.25, 0.3) is 0 Å². The van der Waals surface area contributed by atoms with E-state index in [1.165, 1.54) is 4.91 Å². The highest BCUT2D eigenvalue weighted by atomic mass is 127. The second-order valence-corrected chi connectivity index (χ2v) is 4.76. The zero-order valence-electron chi connectivity index (χ0n) is 7.34. The summed E-state index contributed by atoms with van der Waals surface area (Å²) in [5, 5.41) is 0. The molecular weight excluding hydrogens is 297 g/mol. The van der Waals surface area contributed by atoms with Crippen LogP contribution < -0.4 is 0 Å². The average molecular weight is 307 g/mol. The number of aromatic nitrogens is 1. The first-order chi connectivity index (χ1) is 6.31. The maximum absolute atomic E-state index is 5.58. The van der Waals surface area contributed by atoms with Crippen LogP contribution in [0.5, 0.6) is 0 Å². The second-order valence-electron chi connectivity index (χ2n) is 2.86. The van der Waals surface area contributed by atoms with Crippen LogP contribution in [0.1, 0.15) is 23.8 Å². The third kappa shape index (κ3) is 1.93. The van der Waals surface area contributed by atoms with Gasteiger partial charge in [-0.25, -0.2) is 4.98 Å². The number of aryl methyl sites for hydroxylation is 1. The fourth-order valence-electron chi connectivity index (χ4n) is 1.22. The van der Waals surface area contributed by atoms with Gasteiger partial charge in [0.15, 0.2) is 0 Å². The SMILES string of the molecule is Cc1oc(C2=CCCS2)nc1CI. The van der Waals surface area contributed by atoms with Crippen molar-refractivity contribution in [3.63, 3.8) is 0 Å². The molecule has 0 bridgehead atoms. The van der Waals surface area contributed by atoms with Crippen molar-refractivity contribution in [3.8, 4) is 0 Å². The van der Waals surface area contributed by atoms with E-state index in [-0.39, 0.29) is 0 Å². The molecule has 4 heteroatoms. The molecule has 0 saturated carbocycles. The topological polar surface area (TPSA) is 26.0 Å². The van der Waals surface area contributed by atoms with Crippen LogP contribution in [0.15, 0.2) is 10.5 Å². The molecule has 0 amide bonds. The zero-order valence-corrected chi connectivity index (χ0v) is 10.3. The summed E-state index contributed by atoms with van der Waals surface area (Å²) in [6.07, 6.45) is 3.34. The van der Waals surface area contributed by atoms with Crippen molar-refractivity contribution >= 4 is 39.3 Å². The maximum Gasteiger partial charge on any atom is 0.232 e. The summed E-state index contributed by atoms with van der Waals surface area (Å²) in [7, 11) is 0. The van der Waals surface area contributed by atoms with Crippen LogP contribution in [0.2, 0.25) is 0 Å². The lowest BCUT2D eigenvalue weighted by Gasteiger charge is -1.91. The van der Waals surface area contributed by atoms with Gasteiger partial charge in [-0.3, -0.25) is 0 Å². The second kappa shape index (κ2) is 4.04. The van der Waals surface area contributed by atoms with E-state index in [2.05, 4.69) is 33.7 Å². The molecule has 0 saturated heterocycles. The molecule has 1 aliphatic heterocycles. The molecule has 13 heavy (non-hydrogen) atoms. The van der Waals surface area contributed by atoms with Crippen molar-refractivity contribution in [1.82, 2.24) is 4.98 Å². The van der Waals surface area contributed by atoms with Crippen LogP contribution in [0.25, 0.3) is 4.91 Å². The third-order valence-electron chi connectivity index (χ3n) is 1.94. The Balaban J connectivity index is 2.30. The Morgan fingerprint density at radius 2 is 2.54 bits per heavy atom. The number of hydrogen-bond donors (Lipinski definition) is 0. The van der Waals surface area contributed by atoms with Crippen LogP contribution in [0, 0.1) is 6.92 Å². The molecule has 2 nitrogen and oxygen atoms in total. The molecule has 0 fully saturated rings. The van der Waals surface area contributed by atoms with Crippen LogP contribution in [-0.2, 0) is 4.43 Å². The first kappa shape index (κ1) is 9.58. The number of halogens is 1. The van der Waals surface area contributed by atoms with E-state index >= 15 is 0 Å². The Hall–Kier alpha value is 0.0300. The molecule has 2 heterocycles. The fourth-order valence-corrected chi connectivity index (χ4v) is 2.83. The molecule has 0 aliphatic carbocycles. The van der Waals surface area contributed by atoms with Crippen molar-refractivity contribution in [1.29, 1.82) is 0 Å². The summed E-state index contributed by atoms with van der Waals surface area (Å²) in [5.41, 5.74) is 1.07. The van der Waals surface area contributed by atoms with E-state index in [0.717, 1.165) is 33.9 Å². The maximum atomic E-state index is 5.58. The normalized spacial score (nSPS) is 16.3. The van der Waals surface area contributed by atoms with E-state index in [4.69, 9.17) is 4.42 Å². The van der Waals surface area contributed by atoms with E-state index in [9.17, 15) is 0 Å². The van der Waals surface area contributed by atoms with Gasteiger partial charge < -0.3 is 4.42 Å². The molecule has 0 aromatic carbocycles. The molecule has 0 spiro atoms. The summed E-state index contributed by atoms with van der Waals surface area (Å²) < 4.78 is 6.51. The molecule has 0 atom stereocenters. The first-order valence-corrected chi connectivity index (χ1v) is 6.68. The minimum absolute atomic E-state index is 0.812. The van der Waals surface area contributed by atoms with Crippen molar-refractivity contribution in [2.75, 3.05) is 5.75 Å². The Bertz CT molecular complexity index is 345. The summed E-state index contributed by atoms with van der Waals surface area (Å²) >= 11 is 4.14. The number of thioether (sulfide) groups is 1. The first-order valence-electron chi connectivity index (χ1n) is 4.17. The molecule has 0 unspecified atom stereocenters. The van der Waals surface area contributed by atoms with Crippen LogP contribution >= 0.6 is 34.4 Å². The quantitative estimate of drug-likeness (QED) is 0.619. The lowest BCUT2D eigenvalue weighted by Crippen LogP contribution is -1.80. The highest BCUT2D eigenvalue weighted by molar-refractivity contribution is 14.1. The number of alkyl halides is 1. The Kier molecular flexibility index (Phi) is 2.98. The van der Waals surface area contributed by atoms with Gasteiger partial charge >= 0.3 is 0 Å². The van der Waals surface area contributed by atoms with Crippen LogP contribution in [0.4, 0.5) is 0 Å². The fraction of sp³-hybridized carbons (Fsp3) is 0.444. The smallest absolute Gasteiger partial charge is 0.232 e.